The summed E-state index contributed by atoms with van der Waals surface area (Å²) in [6.45, 7) is 13.4. The highest BCUT2D eigenvalue weighted by molar-refractivity contribution is 6.08. The highest BCUT2D eigenvalue weighted by Gasteiger charge is 2.55. The van der Waals surface area contributed by atoms with Crippen LogP contribution >= 0.6 is 0 Å². The van der Waals surface area contributed by atoms with Crippen LogP contribution in [0, 0.1) is 18.6 Å². The topological polar surface area (TPSA) is 108 Å². The molecule has 14 heteroatoms. The summed E-state index contributed by atoms with van der Waals surface area (Å²) in [5.74, 6) is -3.29. The summed E-state index contributed by atoms with van der Waals surface area (Å²) >= 11 is 0. The van der Waals surface area contributed by atoms with Crippen LogP contribution in [0.15, 0.2) is 30.7 Å². The monoisotopic (exact) mass is 760 g/mol. The van der Waals surface area contributed by atoms with Crippen LogP contribution in [-0.2, 0) is 10.2 Å². The van der Waals surface area contributed by atoms with Crippen LogP contribution in [-0.4, -0.2) is 72.9 Å². The van der Waals surface area contributed by atoms with Crippen LogP contribution in [0.2, 0.25) is 0 Å². The van der Waals surface area contributed by atoms with Crippen molar-refractivity contribution in [2.24, 2.45) is 0 Å². The SMILES string of the molecule is Cc1c(C(=O)NC2(C(F)F)CC2)cc(Nc2nc(-c3cnc4c(c3)N([C@H]3C[C@@](C)(N5CCCCCC5)C3)C(=O)C4(C)C)cc3ncn(C(C)C)c23)c(F)c1F. The Kier molecular flexibility index (Phi) is 9.01. The van der Waals surface area contributed by atoms with Crippen molar-refractivity contribution in [3.63, 3.8) is 0 Å². The smallest absolute Gasteiger partial charge is 0.261 e. The van der Waals surface area contributed by atoms with E-state index in [1.54, 1.807) is 18.6 Å². The Hall–Kier alpha value is -4.59. The minimum atomic E-state index is -2.79. The van der Waals surface area contributed by atoms with E-state index in [9.17, 15) is 18.4 Å². The normalized spacial score (nSPS) is 23.2. The molecule has 55 heavy (non-hydrogen) atoms. The quantitative estimate of drug-likeness (QED) is 0.165. The average Bonchev–Trinajstić information content (AvgIpc) is 3.83. The van der Waals surface area contributed by atoms with Crippen molar-refractivity contribution >= 4 is 40.0 Å². The van der Waals surface area contributed by atoms with Gasteiger partial charge in [0.2, 0.25) is 5.91 Å². The van der Waals surface area contributed by atoms with Gasteiger partial charge in [0.15, 0.2) is 17.5 Å². The Labute approximate surface area is 318 Å². The van der Waals surface area contributed by atoms with Crippen LogP contribution in [0.1, 0.15) is 114 Å². The van der Waals surface area contributed by atoms with Crippen LogP contribution < -0.4 is 15.5 Å². The van der Waals surface area contributed by atoms with Crippen molar-refractivity contribution in [2.45, 2.75) is 128 Å². The highest BCUT2D eigenvalue weighted by Crippen LogP contribution is 2.50. The van der Waals surface area contributed by atoms with E-state index in [4.69, 9.17) is 9.97 Å². The summed E-state index contributed by atoms with van der Waals surface area (Å²) in [7, 11) is 0. The summed E-state index contributed by atoms with van der Waals surface area (Å²) in [6, 6.07) is 4.78. The van der Waals surface area contributed by atoms with Gasteiger partial charge < -0.3 is 20.1 Å². The van der Waals surface area contributed by atoms with Crippen LogP contribution in [0.5, 0.6) is 0 Å². The van der Waals surface area contributed by atoms with Gasteiger partial charge >= 0.3 is 0 Å². The van der Waals surface area contributed by atoms with Gasteiger partial charge in [0.25, 0.3) is 12.3 Å². The van der Waals surface area contributed by atoms with Gasteiger partial charge in [0, 0.05) is 40.5 Å². The van der Waals surface area contributed by atoms with E-state index >= 15 is 8.78 Å². The number of hydrogen-bond acceptors (Lipinski definition) is 7. The number of fused-ring (bicyclic) bond motifs is 2. The molecule has 292 valence electrons. The molecule has 4 aliphatic rings. The highest BCUT2D eigenvalue weighted by atomic mass is 19.3. The van der Waals surface area contributed by atoms with Gasteiger partial charge in [-0.1, -0.05) is 12.8 Å². The number of alkyl halides is 2. The second-order valence-corrected chi connectivity index (χ2v) is 17.1. The minimum Gasteiger partial charge on any atom is -0.341 e. The number of pyridine rings is 2. The number of likely N-dealkylation sites (tertiary alicyclic amines) is 1. The largest absolute Gasteiger partial charge is 0.341 e. The first-order valence-electron chi connectivity index (χ1n) is 19.4. The van der Waals surface area contributed by atoms with Gasteiger partial charge in [-0.15, -0.1) is 0 Å². The lowest BCUT2D eigenvalue weighted by Crippen LogP contribution is -2.63. The summed E-state index contributed by atoms with van der Waals surface area (Å²) in [4.78, 5) is 46.2. The molecule has 0 bridgehead atoms. The molecule has 1 aromatic carbocycles. The third-order valence-corrected chi connectivity index (χ3v) is 12.5. The van der Waals surface area contributed by atoms with E-state index in [0.29, 0.717) is 28.0 Å². The number of carbonyl (C=O) groups is 2. The van der Waals surface area contributed by atoms with Crippen molar-refractivity contribution < 1.29 is 27.2 Å². The van der Waals surface area contributed by atoms with Gasteiger partial charge in [-0.3, -0.25) is 19.5 Å². The Morgan fingerprint density at radius 2 is 1.65 bits per heavy atom. The average molecular weight is 761 g/mol. The van der Waals surface area contributed by atoms with E-state index in [0.717, 1.165) is 37.7 Å². The number of anilines is 3. The molecule has 0 spiro atoms. The molecule has 2 aliphatic heterocycles. The van der Waals surface area contributed by atoms with Crippen molar-refractivity contribution in [1.29, 1.82) is 0 Å². The lowest BCUT2D eigenvalue weighted by atomic mass is 9.71. The molecule has 0 unspecified atom stereocenters. The maximum Gasteiger partial charge on any atom is 0.261 e. The van der Waals surface area contributed by atoms with E-state index < -0.39 is 34.9 Å². The summed E-state index contributed by atoms with van der Waals surface area (Å²) in [6.07, 6.45) is 7.33. The van der Waals surface area contributed by atoms with E-state index in [1.165, 1.54) is 32.6 Å². The van der Waals surface area contributed by atoms with Crippen LogP contribution in [0.25, 0.3) is 22.3 Å². The Bertz CT molecular complexity index is 2200. The maximum atomic E-state index is 15.7. The number of rotatable bonds is 9. The molecule has 2 amide bonds. The van der Waals surface area contributed by atoms with Gasteiger partial charge in [-0.25, -0.2) is 27.5 Å². The summed E-state index contributed by atoms with van der Waals surface area (Å²) < 4.78 is 60.3. The fourth-order valence-electron chi connectivity index (χ4n) is 8.82. The van der Waals surface area contributed by atoms with Crippen LogP contribution in [0.3, 0.4) is 0 Å². The fourth-order valence-corrected chi connectivity index (χ4v) is 8.82. The predicted octanol–water partition coefficient (Wildman–Crippen LogP) is 8.35. The second-order valence-electron chi connectivity index (χ2n) is 17.1. The zero-order valence-corrected chi connectivity index (χ0v) is 32.2. The van der Waals surface area contributed by atoms with Crippen molar-refractivity contribution in [2.75, 3.05) is 23.3 Å². The number of carbonyl (C=O) groups excluding carboxylic acids is 2. The molecule has 0 radical (unpaired) electrons. The van der Waals surface area contributed by atoms with Crippen molar-refractivity contribution in [3.05, 3.63) is 59.2 Å². The lowest BCUT2D eigenvalue weighted by Gasteiger charge is -2.54. The lowest BCUT2D eigenvalue weighted by molar-refractivity contribution is -0.123. The fraction of sp³-hybridized carbons (Fsp3) is 0.537. The number of aromatic nitrogens is 4. The Morgan fingerprint density at radius 1 is 0.964 bits per heavy atom. The number of nitrogens with one attached hydrogen (secondary N) is 2. The Morgan fingerprint density at radius 3 is 2.29 bits per heavy atom. The van der Waals surface area contributed by atoms with Gasteiger partial charge in [-0.05, 0) is 111 Å². The number of nitrogens with zero attached hydrogens (tertiary/aromatic N) is 6. The Balaban J connectivity index is 1.16. The third kappa shape index (κ3) is 6.15. The molecule has 3 fully saturated rings. The second kappa shape index (κ2) is 13.3. The molecular formula is C41H48F4N8O2. The molecule has 1 saturated heterocycles. The van der Waals surface area contributed by atoms with Crippen LogP contribution in [0.4, 0.5) is 34.8 Å². The van der Waals surface area contributed by atoms with Gasteiger partial charge in [-0.2, -0.15) is 0 Å². The number of hydrogen-bond donors (Lipinski definition) is 2. The summed E-state index contributed by atoms with van der Waals surface area (Å²) in [5, 5.41) is 5.27. The van der Waals surface area contributed by atoms with E-state index in [2.05, 4.69) is 27.4 Å². The van der Waals surface area contributed by atoms with Crippen molar-refractivity contribution in [3.8, 4) is 11.3 Å². The number of imidazole rings is 1. The number of halogens is 4. The molecule has 2 N–H and O–H groups in total. The number of amides is 2. The molecule has 4 aromatic rings. The molecule has 0 atom stereocenters. The molecule has 3 aromatic heterocycles. The van der Waals surface area contributed by atoms with E-state index in [-0.39, 0.29) is 59.0 Å². The molecule has 5 heterocycles. The molecular weight excluding hydrogens is 712 g/mol. The summed E-state index contributed by atoms with van der Waals surface area (Å²) in [5.41, 5.74) is 0.0640. The van der Waals surface area contributed by atoms with E-state index in [1.807, 2.05) is 43.2 Å². The maximum absolute atomic E-state index is 15.7. The first-order chi connectivity index (χ1) is 26.0. The molecule has 10 nitrogen and oxygen atoms in total. The predicted molar refractivity (Wildman–Crippen MR) is 203 cm³/mol. The molecule has 2 aliphatic carbocycles. The standard InChI is InChI=1S/C41H48F4N8O2/c1-22(2)52-21-47-29-17-27(48-35(33(29)52)49-28-16-26(23(3)31(42)32(28)43)36(54)50-41(11-12-41)37(44)45)24-15-30-34(46-20-24)39(4,5)38(55)53(30)25-18-40(6,19-25)51-13-9-7-8-10-14-51/h15-17,20-22,25,37H,7-14,18-19H2,1-6H3,(H,48,49)(H,50,54)/t25-,40+. The van der Waals surface area contributed by atoms with Gasteiger partial charge in [0.1, 0.15) is 11.1 Å². The number of benzene rings is 1. The first kappa shape index (κ1) is 37.3. The zero-order valence-electron chi connectivity index (χ0n) is 32.2. The first-order valence-corrected chi connectivity index (χ1v) is 19.4. The van der Waals surface area contributed by atoms with Gasteiger partial charge in [0.05, 0.1) is 40.0 Å². The van der Waals surface area contributed by atoms with Crippen molar-refractivity contribution in [1.82, 2.24) is 29.7 Å². The molecule has 8 rings (SSSR count). The minimum absolute atomic E-state index is 0.00869. The third-order valence-electron chi connectivity index (χ3n) is 12.5. The molecule has 2 saturated carbocycles. The zero-order chi connectivity index (χ0) is 39.2.